The first-order valence-electron chi connectivity index (χ1n) is 8.24. The van der Waals surface area contributed by atoms with Gasteiger partial charge in [0.25, 0.3) is 5.91 Å². The Labute approximate surface area is 145 Å². The summed E-state index contributed by atoms with van der Waals surface area (Å²) in [6.07, 6.45) is 1.52. The third-order valence-electron chi connectivity index (χ3n) is 4.39. The molecule has 126 valence electrons. The third-order valence-corrected chi connectivity index (χ3v) is 4.39. The van der Waals surface area contributed by atoms with Gasteiger partial charge >= 0.3 is 0 Å². The van der Waals surface area contributed by atoms with E-state index in [9.17, 15) is 4.79 Å². The number of rotatable bonds is 3. The van der Waals surface area contributed by atoms with Crippen molar-refractivity contribution in [3.05, 3.63) is 66.5 Å². The topological polar surface area (TPSA) is 67.2 Å². The summed E-state index contributed by atoms with van der Waals surface area (Å²) in [6, 6.07) is 17.7. The van der Waals surface area contributed by atoms with Gasteiger partial charge < -0.3 is 9.80 Å². The van der Waals surface area contributed by atoms with Crippen molar-refractivity contribution in [1.82, 2.24) is 25.1 Å². The Morgan fingerprint density at radius 2 is 1.64 bits per heavy atom. The Morgan fingerprint density at radius 3 is 2.36 bits per heavy atom. The van der Waals surface area contributed by atoms with Gasteiger partial charge in [-0.2, -0.15) is 0 Å². The summed E-state index contributed by atoms with van der Waals surface area (Å²) in [4.78, 5) is 17.0. The van der Waals surface area contributed by atoms with E-state index in [2.05, 4.69) is 32.6 Å². The van der Waals surface area contributed by atoms with Crippen LogP contribution in [0.1, 0.15) is 10.4 Å². The van der Waals surface area contributed by atoms with E-state index >= 15 is 0 Å². The van der Waals surface area contributed by atoms with E-state index in [4.69, 9.17) is 0 Å². The lowest BCUT2D eigenvalue weighted by Gasteiger charge is -2.36. The first-order chi connectivity index (χ1) is 12.3. The van der Waals surface area contributed by atoms with Gasteiger partial charge in [0, 0.05) is 37.4 Å². The Balaban J connectivity index is 1.45. The number of carbonyl (C=O) groups excluding carboxylic acids is 1. The molecule has 7 nitrogen and oxygen atoms in total. The molecule has 25 heavy (non-hydrogen) atoms. The van der Waals surface area contributed by atoms with Crippen LogP contribution in [-0.2, 0) is 0 Å². The predicted octanol–water partition coefficient (Wildman–Crippen LogP) is 1.62. The van der Waals surface area contributed by atoms with Crippen LogP contribution in [-0.4, -0.2) is 57.2 Å². The predicted molar refractivity (Wildman–Crippen MR) is 93.7 cm³/mol. The number of piperazine rings is 1. The van der Waals surface area contributed by atoms with Crippen molar-refractivity contribution in [3.63, 3.8) is 0 Å². The molecule has 0 atom stereocenters. The molecule has 7 heteroatoms. The molecule has 1 saturated heterocycles. The molecular formula is C18H18N6O. The van der Waals surface area contributed by atoms with Gasteiger partial charge in [-0.25, -0.2) is 4.68 Å². The van der Waals surface area contributed by atoms with Gasteiger partial charge in [-0.3, -0.25) is 4.79 Å². The van der Waals surface area contributed by atoms with Crippen molar-refractivity contribution < 1.29 is 4.79 Å². The lowest BCUT2D eigenvalue weighted by molar-refractivity contribution is 0.0746. The van der Waals surface area contributed by atoms with Gasteiger partial charge in [0.15, 0.2) is 0 Å². The number of carbonyl (C=O) groups is 1. The quantitative estimate of drug-likeness (QED) is 0.728. The van der Waals surface area contributed by atoms with Gasteiger partial charge in [0.05, 0.1) is 5.69 Å². The summed E-state index contributed by atoms with van der Waals surface area (Å²) < 4.78 is 1.55. The summed E-state index contributed by atoms with van der Waals surface area (Å²) in [7, 11) is 0. The van der Waals surface area contributed by atoms with E-state index < -0.39 is 0 Å². The minimum atomic E-state index is 0.0441. The zero-order valence-electron chi connectivity index (χ0n) is 13.7. The number of amides is 1. The number of tetrazole rings is 1. The fourth-order valence-corrected chi connectivity index (χ4v) is 3.05. The third kappa shape index (κ3) is 3.21. The maximum absolute atomic E-state index is 12.8. The molecule has 3 aromatic rings. The molecule has 0 aliphatic carbocycles. The molecular weight excluding hydrogens is 316 g/mol. The molecule has 0 N–H and O–H groups in total. The van der Waals surface area contributed by atoms with Gasteiger partial charge in [0.2, 0.25) is 0 Å². The molecule has 1 aliphatic rings. The number of para-hydroxylation sites is 1. The number of anilines is 1. The molecule has 1 aliphatic heterocycles. The minimum absolute atomic E-state index is 0.0441. The zero-order chi connectivity index (χ0) is 17.1. The monoisotopic (exact) mass is 334 g/mol. The Morgan fingerprint density at radius 1 is 0.880 bits per heavy atom. The second-order valence-electron chi connectivity index (χ2n) is 5.92. The van der Waals surface area contributed by atoms with Crippen LogP contribution in [0.2, 0.25) is 0 Å². The van der Waals surface area contributed by atoms with Gasteiger partial charge in [-0.05, 0) is 40.8 Å². The molecule has 1 amide bonds. The van der Waals surface area contributed by atoms with E-state index in [1.54, 1.807) is 4.68 Å². The van der Waals surface area contributed by atoms with Crippen molar-refractivity contribution in [3.8, 4) is 5.69 Å². The van der Waals surface area contributed by atoms with Gasteiger partial charge in [-0.15, -0.1) is 5.10 Å². The van der Waals surface area contributed by atoms with E-state index in [-0.39, 0.29) is 5.91 Å². The highest BCUT2D eigenvalue weighted by Crippen LogP contribution is 2.17. The lowest BCUT2D eigenvalue weighted by Crippen LogP contribution is -2.48. The van der Waals surface area contributed by atoms with Crippen molar-refractivity contribution >= 4 is 11.6 Å². The van der Waals surface area contributed by atoms with E-state index in [1.165, 1.54) is 12.0 Å². The zero-order valence-corrected chi connectivity index (χ0v) is 13.7. The van der Waals surface area contributed by atoms with Gasteiger partial charge in [0.1, 0.15) is 6.33 Å². The normalized spacial score (nSPS) is 14.6. The van der Waals surface area contributed by atoms with Crippen LogP contribution in [0.4, 0.5) is 5.69 Å². The fraction of sp³-hybridized carbons (Fsp3) is 0.222. The molecule has 0 radical (unpaired) electrons. The van der Waals surface area contributed by atoms with Crippen LogP contribution in [0.5, 0.6) is 0 Å². The molecule has 0 unspecified atom stereocenters. The largest absolute Gasteiger partial charge is 0.368 e. The number of hydrogen-bond donors (Lipinski definition) is 0. The maximum Gasteiger partial charge on any atom is 0.254 e. The first-order valence-corrected chi connectivity index (χ1v) is 8.24. The molecule has 0 spiro atoms. The maximum atomic E-state index is 12.8. The SMILES string of the molecule is O=C(c1cccc(-n2cnnn2)c1)N1CCN(c2ccccc2)CC1. The highest BCUT2D eigenvalue weighted by molar-refractivity contribution is 5.95. The average molecular weight is 334 g/mol. The highest BCUT2D eigenvalue weighted by atomic mass is 16.2. The van der Waals surface area contributed by atoms with E-state index in [0.717, 1.165) is 18.8 Å². The van der Waals surface area contributed by atoms with Crippen LogP contribution in [0.3, 0.4) is 0 Å². The lowest BCUT2D eigenvalue weighted by atomic mass is 10.1. The van der Waals surface area contributed by atoms with Crippen LogP contribution >= 0.6 is 0 Å². The summed E-state index contributed by atoms with van der Waals surface area (Å²) in [5.74, 6) is 0.0441. The Hall–Kier alpha value is -3.22. The molecule has 1 fully saturated rings. The van der Waals surface area contributed by atoms with Crippen LogP contribution in [0.15, 0.2) is 60.9 Å². The van der Waals surface area contributed by atoms with Crippen LogP contribution in [0.25, 0.3) is 5.69 Å². The number of benzene rings is 2. The van der Waals surface area contributed by atoms with E-state index in [1.807, 2.05) is 47.4 Å². The van der Waals surface area contributed by atoms with E-state index in [0.29, 0.717) is 18.7 Å². The van der Waals surface area contributed by atoms with Crippen molar-refractivity contribution in [2.24, 2.45) is 0 Å². The second kappa shape index (κ2) is 6.72. The fourth-order valence-electron chi connectivity index (χ4n) is 3.05. The molecule has 0 bridgehead atoms. The Bertz CT molecular complexity index is 841. The number of aromatic nitrogens is 4. The second-order valence-corrected chi connectivity index (χ2v) is 5.92. The van der Waals surface area contributed by atoms with Crippen LogP contribution in [0, 0.1) is 0 Å². The molecule has 4 rings (SSSR count). The summed E-state index contributed by atoms with van der Waals surface area (Å²) in [5, 5.41) is 11.1. The first kappa shape index (κ1) is 15.3. The molecule has 2 aromatic carbocycles. The number of hydrogen-bond acceptors (Lipinski definition) is 5. The standard InChI is InChI=1S/C18H18N6O/c25-18(15-5-4-8-17(13-15)24-14-19-20-21-24)23-11-9-22(10-12-23)16-6-2-1-3-7-16/h1-8,13-14H,9-12H2. The molecule has 0 saturated carbocycles. The van der Waals surface area contributed by atoms with Crippen molar-refractivity contribution in [2.75, 3.05) is 31.1 Å². The molecule has 2 heterocycles. The van der Waals surface area contributed by atoms with Crippen LogP contribution < -0.4 is 4.90 Å². The highest BCUT2D eigenvalue weighted by Gasteiger charge is 2.22. The summed E-state index contributed by atoms with van der Waals surface area (Å²) >= 11 is 0. The van der Waals surface area contributed by atoms with Gasteiger partial charge in [-0.1, -0.05) is 24.3 Å². The van der Waals surface area contributed by atoms with Crippen molar-refractivity contribution in [1.29, 1.82) is 0 Å². The summed E-state index contributed by atoms with van der Waals surface area (Å²) in [6.45, 7) is 3.09. The Kier molecular flexibility index (Phi) is 4.12. The smallest absolute Gasteiger partial charge is 0.254 e. The molecule has 1 aromatic heterocycles. The number of nitrogens with zero attached hydrogens (tertiary/aromatic N) is 6. The van der Waals surface area contributed by atoms with Crippen molar-refractivity contribution in [2.45, 2.75) is 0 Å². The average Bonchev–Trinajstić information content (AvgIpc) is 3.23. The minimum Gasteiger partial charge on any atom is -0.368 e. The summed E-state index contributed by atoms with van der Waals surface area (Å²) in [5.41, 5.74) is 2.63.